The molecule has 3 nitrogen and oxygen atoms in total. The van der Waals surface area contributed by atoms with Gasteiger partial charge in [0, 0.05) is 18.6 Å². The van der Waals surface area contributed by atoms with Crippen LogP contribution in [0.1, 0.15) is 32.1 Å². The van der Waals surface area contributed by atoms with Crippen molar-refractivity contribution in [3.05, 3.63) is 0 Å². The zero-order valence-corrected chi connectivity index (χ0v) is 10.3. The average molecular weight is 267 g/mol. The van der Waals surface area contributed by atoms with Crippen molar-refractivity contribution >= 4 is 0 Å². The molecule has 0 aromatic heterocycles. The van der Waals surface area contributed by atoms with E-state index in [0.29, 0.717) is 12.5 Å². The molecule has 3 fully saturated rings. The van der Waals surface area contributed by atoms with Gasteiger partial charge in [0.25, 0.3) is 0 Å². The molecule has 1 unspecified atom stereocenters. The molecule has 0 aromatic rings. The summed E-state index contributed by atoms with van der Waals surface area (Å²) >= 11 is 0. The number of aliphatic hydroxyl groups excluding tert-OH is 2. The maximum atomic E-state index is 12.2. The number of nitrogens with zero attached hydrogens (tertiary/aromatic N) is 1. The number of fused-ring (bicyclic) bond motifs is 3. The molecule has 2 saturated heterocycles. The van der Waals surface area contributed by atoms with Crippen molar-refractivity contribution in [2.45, 2.75) is 49.9 Å². The zero-order chi connectivity index (χ0) is 13.4. The molecule has 106 valence electrons. The summed E-state index contributed by atoms with van der Waals surface area (Å²) in [5, 5.41) is 19.1. The van der Waals surface area contributed by atoms with Crippen LogP contribution >= 0.6 is 0 Å². The molecular weight excluding hydrogens is 247 g/mol. The minimum absolute atomic E-state index is 0.0105. The molecule has 18 heavy (non-hydrogen) atoms. The first kappa shape index (κ1) is 14.1. The zero-order valence-electron chi connectivity index (χ0n) is 10.3. The second-order valence-electron chi connectivity index (χ2n) is 5.70. The topological polar surface area (TPSA) is 43.7 Å². The van der Waals surface area contributed by atoms with E-state index in [1.807, 2.05) is 4.90 Å². The largest absolute Gasteiger partial charge is 0.394 e. The number of hydrogen-bond acceptors (Lipinski definition) is 3. The number of alkyl halides is 3. The van der Waals surface area contributed by atoms with Gasteiger partial charge in [0.05, 0.1) is 19.1 Å². The Balaban J connectivity index is 1.96. The number of halogens is 3. The summed E-state index contributed by atoms with van der Waals surface area (Å²) in [6.07, 6.45) is -3.18. The van der Waals surface area contributed by atoms with E-state index in [4.69, 9.17) is 0 Å². The maximum Gasteiger partial charge on any atom is 0.391 e. The van der Waals surface area contributed by atoms with Crippen LogP contribution in [0.3, 0.4) is 0 Å². The highest BCUT2D eigenvalue weighted by atomic mass is 19.4. The number of aliphatic hydroxyl groups is 2. The monoisotopic (exact) mass is 267 g/mol. The number of hydrogen-bond donors (Lipinski definition) is 2. The van der Waals surface area contributed by atoms with Gasteiger partial charge in [-0.05, 0) is 31.6 Å². The Morgan fingerprint density at radius 1 is 1.28 bits per heavy atom. The normalized spacial score (nSPS) is 34.8. The van der Waals surface area contributed by atoms with E-state index in [9.17, 15) is 23.4 Å². The lowest BCUT2D eigenvalue weighted by Crippen LogP contribution is -2.61. The minimum Gasteiger partial charge on any atom is -0.394 e. The smallest absolute Gasteiger partial charge is 0.391 e. The highest BCUT2D eigenvalue weighted by Gasteiger charge is 2.46. The molecule has 2 aliphatic heterocycles. The predicted molar refractivity (Wildman–Crippen MR) is 60.0 cm³/mol. The van der Waals surface area contributed by atoms with Crippen molar-refractivity contribution in [2.75, 3.05) is 19.7 Å². The van der Waals surface area contributed by atoms with Gasteiger partial charge in [-0.15, -0.1) is 0 Å². The molecule has 0 spiro atoms. The van der Waals surface area contributed by atoms with Crippen LogP contribution in [0, 0.1) is 5.92 Å². The van der Waals surface area contributed by atoms with Crippen molar-refractivity contribution < 1.29 is 23.4 Å². The average Bonchev–Trinajstić information content (AvgIpc) is 2.28. The van der Waals surface area contributed by atoms with E-state index < -0.39 is 18.7 Å². The molecule has 1 aliphatic carbocycles. The Labute approximate surface area is 105 Å². The van der Waals surface area contributed by atoms with Crippen LogP contribution in [0.25, 0.3) is 0 Å². The van der Waals surface area contributed by atoms with Crippen LogP contribution in [0.4, 0.5) is 13.2 Å². The third kappa shape index (κ3) is 2.97. The van der Waals surface area contributed by atoms with Gasteiger partial charge in [0.15, 0.2) is 0 Å². The first-order chi connectivity index (χ1) is 8.35. The third-order valence-corrected chi connectivity index (χ3v) is 4.38. The molecule has 3 aliphatic rings. The Morgan fingerprint density at radius 2 is 1.89 bits per heavy atom. The molecule has 2 N–H and O–H groups in total. The van der Waals surface area contributed by atoms with Gasteiger partial charge in [-0.3, -0.25) is 4.90 Å². The molecule has 0 aromatic carbocycles. The lowest BCUT2D eigenvalue weighted by Gasteiger charge is -2.54. The molecule has 6 heteroatoms. The Kier molecular flexibility index (Phi) is 3.90. The van der Waals surface area contributed by atoms with E-state index in [2.05, 4.69) is 0 Å². The second kappa shape index (κ2) is 4.98. The Hall–Kier alpha value is -0.330. The summed E-state index contributed by atoms with van der Waals surface area (Å²) in [5.74, 6) is 0.511. The van der Waals surface area contributed by atoms with Crippen molar-refractivity contribution in [2.24, 2.45) is 5.92 Å². The molecule has 2 heterocycles. The summed E-state index contributed by atoms with van der Waals surface area (Å²) in [4.78, 5) is 1.88. The minimum atomic E-state index is -4.33. The number of β-amino-alcohol motifs (C(OH)–C–C–N with tert-alkyl or cyclic N) is 1. The lowest BCUT2D eigenvalue weighted by atomic mass is 9.70. The van der Waals surface area contributed by atoms with Gasteiger partial charge in [-0.1, -0.05) is 0 Å². The van der Waals surface area contributed by atoms with E-state index in [0.717, 1.165) is 25.7 Å². The van der Waals surface area contributed by atoms with E-state index in [-0.39, 0.29) is 18.7 Å². The summed E-state index contributed by atoms with van der Waals surface area (Å²) < 4.78 is 36.6. The Morgan fingerprint density at radius 3 is 2.39 bits per heavy atom. The molecule has 0 amide bonds. The van der Waals surface area contributed by atoms with Crippen LogP contribution in [-0.4, -0.2) is 52.6 Å². The van der Waals surface area contributed by atoms with Crippen molar-refractivity contribution in [1.29, 1.82) is 0 Å². The van der Waals surface area contributed by atoms with Crippen LogP contribution in [0.2, 0.25) is 0 Å². The summed E-state index contributed by atoms with van der Waals surface area (Å²) in [7, 11) is 0. The van der Waals surface area contributed by atoms with Crippen LogP contribution in [0.5, 0.6) is 0 Å². The fourth-order valence-corrected chi connectivity index (χ4v) is 3.33. The SMILES string of the molecule is OCC12CCC(CC1)CN2CC(O)CC(F)(F)F. The van der Waals surface area contributed by atoms with Crippen molar-refractivity contribution in [1.82, 2.24) is 4.90 Å². The third-order valence-electron chi connectivity index (χ3n) is 4.38. The first-order valence-electron chi connectivity index (χ1n) is 6.45. The standard InChI is InChI=1S/C12H20F3NO2/c13-12(14,15)5-10(18)7-16-6-9-1-3-11(16,8-17)4-2-9/h9-10,17-18H,1-8H2. The van der Waals surface area contributed by atoms with Gasteiger partial charge in [0.1, 0.15) is 0 Å². The summed E-state index contributed by atoms with van der Waals surface area (Å²) in [5.41, 5.74) is -0.388. The molecule has 0 radical (unpaired) electrons. The van der Waals surface area contributed by atoms with E-state index >= 15 is 0 Å². The molecular formula is C12H20F3NO2. The number of rotatable bonds is 4. The van der Waals surface area contributed by atoms with E-state index in [1.54, 1.807) is 0 Å². The highest BCUT2D eigenvalue weighted by molar-refractivity contribution is 5.01. The maximum absolute atomic E-state index is 12.2. The van der Waals surface area contributed by atoms with Crippen LogP contribution in [0.15, 0.2) is 0 Å². The molecule has 3 rings (SSSR count). The van der Waals surface area contributed by atoms with Crippen LogP contribution < -0.4 is 0 Å². The highest BCUT2D eigenvalue weighted by Crippen LogP contribution is 2.43. The summed E-state index contributed by atoms with van der Waals surface area (Å²) in [6, 6.07) is 0. The van der Waals surface area contributed by atoms with Gasteiger partial charge in [0.2, 0.25) is 0 Å². The van der Waals surface area contributed by atoms with Gasteiger partial charge in [-0.2, -0.15) is 13.2 Å². The van der Waals surface area contributed by atoms with Gasteiger partial charge in [-0.25, -0.2) is 0 Å². The fraction of sp³-hybridized carbons (Fsp3) is 1.00. The fourth-order valence-electron chi connectivity index (χ4n) is 3.33. The molecule has 1 saturated carbocycles. The van der Waals surface area contributed by atoms with Gasteiger partial charge >= 0.3 is 6.18 Å². The van der Waals surface area contributed by atoms with Crippen LogP contribution in [-0.2, 0) is 0 Å². The molecule has 1 atom stereocenters. The lowest BCUT2D eigenvalue weighted by molar-refractivity contribution is -0.162. The Bertz CT molecular complexity index is 288. The summed E-state index contributed by atoms with van der Waals surface area (Å²) in [6.45, 7) is 0.685. The number of piperidine rings is 2. The first-order valence-corrected chi connectivity index (χ1v) is 6.45. The quantitative estimate of drug-likeness (QED) is 0.812. The predicted octanol–water partition coefficient (Wildman–Crippen LogP) is 1.54. The van der Waals surface area contributed by atoms with Crippen molar-refractivity contribution in [3.63, 3.8) is 0 Å². The second-order valence-corrected chi connectivity index (χ2v) is 5.70. The van der Waals surface area contributed by atoms with E-state index in [1.165, 1.54) is 0 Å². The van der Waals surface area contributed by atoms with Crippen molar-refractivity contribution in [3.8, 4) is 0 Å². The molecule has 2 bridgehead atoms. The van der Waals surface area contributed by atoms with Gasteiger partial charge < -0.3 is 10.2 Å².